The van der Waals surface area contributed by atoms with Crippen LogP contribution in [0.15, 0.2) is 188 Å². The summed E-state index contributed by atoms with van der Waals surface area (Å²) in [5.74, 6) is 1.85. The average Bonchev–Trinajstić information content (AvgIpc) is 3.77. The molecule has 0 aliphatic carbocycles. The lowest BCUT2D eigenvalue weighted by molar-refractivity contribution is 0.953. The molecule has 0 aliphatic heterocycles. The second-order valence-corrected chi connectivity index (χ2v) is 13.7. The number of hydrogen-bond donors (Lipinski definition) is 0. The van der Waals surface area contributed by atoms with Gasteiger partial charge in [-0.1, -0.05) is 140 Å². The van der Waals surface area contributed by atoms with Gasteiger partial charge in [0.15, 0.2) is 11.6 Å². The predicted octanol–water partition coefficient (Wildman–Crippen LogP) is 12.2. The first-order chi connectivity index (χ1) is 26.8. The normalized spacial score (nSPS) is 11.7. The molecule has 0 amide bonds. The summed E-state index contributed by atoms with van der Waals surface area (Å²) in [5.41, 5.74) is 9.82. The second-order valence-electron chi connectivity index (χ2n) is 13.7. The Kier molecular flexibility index (Phi) is 6.79. The van der Waals surface area contributed by atoms with Gasteiger partial charge in [-0.3, -0.25) is 4.57 Å². The van der Waals surface area contributed by atoms with Gasteiger partial charge in [0.05, 0.1) is 22.1 Å². The first kappa shape index (κ1) is 30.3. The van der Waals surface area contributed by atoms with Crippen molar-refractivity contribution >= 4 is 54.4 Å². The van der Waals surface area contributed by atoms with Gasteiger partial charge in [-0.15, -0.1) is 0 Å². The molecule has 0 radical (unpaired) electrons. The van der Waals surface area contributed by atoms with E-state index in [4.69, 9.17) is 15.0 Å². The molecular weight excluding hydrogens is 659 g/mol. The van der Waals surface area contributed by atoms with Gasteiger partial charge in [-0.2, -0.15) is 9.97 Å². The monoisotopic (exact) mass is 689 g/mol. The van der Waals surface area contributed by atoms with E-state index >= 15 is 0 Å². The van der Waals surface area contributed by atoms with Gasteiger partial charge < -0.3 is 4.57 Å². The molecule has 0 spiro atoms. The van der Waals surface area contributed by atoms with Gasteiger partial charge in [0, 0.05) is 38.4 Å². The van der Waals surface area contributed by atoms with E-state index < -0.39 is 0 Å². The van der Waals surface area contributed by atoms with Crippen LogP contribution in [0.5, 0.6) is 0 Å². The smallest absolute Gasteiger partial charge is 0.238 e. The van der Waals surface area contributed by atoms with E-state index in [1.54, 1.807) is 0 Å². The predicted molar refractivity (Wildman–Crippen MR) is 222 cm³/mol. The minimum absolute atomic E-state index is 0.584. The molecule has 5 heteroatoms. The Labute approximate surface area is 311 Å². The average molecular weight is 690 g/mol. The van der Waals surface area contributed by atoms with Crippen molar-refractivity contribution in [1.82, 2.24) is 24.1 Å². The van der Waals surface area contributed by atoms with Gasteiger partial charge >= 0.3 is 0 Å². The first-order valence-corrected chi connectivity index (χ1v) is 18.2. The third-order valence-corrected chi connectivity index (χ3v) is 10.6. The van der Waals surface area contributed by atoms with E-state index in [1.807, 2.05) is 60.7 Å². The third-order valence-electron chi connectivity index (χ3n) is 10.6. The summed E-state index contributed by atoms with van der Waals surface area (Å²) in [6.45, 7) is 0. The van der Waals surface area contributed by atoms with Crippen molar-refractivity contribution in [2.45, 2.75) is 0 Å². The molecule has 3 aromatic heterocycles. The zero-order valence-electron chi connectivity index (χ0n) is 29.1. The van der Waals surface area contributed by atoms with Gasteiger partial charge in [-0.25, -0.2) is 4.98 Å². The molecule has 0 aliphatic rings. The largest absolute Gasteiger partial charge is 0.309 e. The number of aromatic nitrogens is 5. The van der Waals surface area contributed by atoms with Crippen LogP contribution >= 0.6 is 0 Å². The summed E-state index contributed by atoms with van der Waals surface area (Å²) >= 11 is 0. The van der Waals surface area contributed by atoms with Crippen molar-refractivity contribution in [3.63, 3.8) is 0 Å². The van der Waals surface area contributed by atoms with Crippen molar-refractivity contribution in [2.24, 2.45) is 0 Å². The van der Waals surface area contributed by atoms with E-state index in [2.05, 4.69) is 137 Å². The maximum absolute atomic E-state index is 5.16. The van der Waals surface area contributed by atoms with E-state index in [0.717, 1.165) is 38.8 Å². The van der Waals surface area contributed by atoms with Crippen LogP contribution in [0, 0.1) is 0 Å². The van der Waals surface area contributed by atoms with Gasteiger partial charge in [0.25, 0.3) is 0 Å². The molecule has 252 valence electrons. The van der Waals surface area contributed by atoms with E-state index in [-0.39, 0.29) is 0 Å². The maximum Gasteiger partial charge on any atom is 0.238 e. The van der Waals surface area contributed by atoms with Gasteiger partial charge in [0.1, 0.15) is 0 Å². The lowest BCUT2D eigenvalue weighted by Gasteiger charge is -2.11. The van der Waals surface area contributed by atoms with Crippen LogP contribution < -0.4 is 0 Å². The van der Waals surface area contributed by atoms with Crippen molar-refractivity contribution < 1.29 is 0 Å². The second kappa shape index (κ2) is 12.1. The fraction of sp³-hybridized carbons (Fsp3) is 0. The molecule has 0 fully saturated rings. The lowest BCUT2D eigenvalue weighted by atomic mass is 9.99. The molecule has 8 aromatic carbocycles. The Bertz CT molecular complexity index is 3140. The van der Waals surface area contributed by atoms with Crippen LogP contribution in [0.2, 0.25) is 0 Å². The Morgan fingerprint density at radius 3 is 1.52 bits per heavy atom. The Morgan fingerprint density at radius 2 is 0.833 bits per heavy atom. The highest BCUT2D eigenvalue weighted by Gasteiger charge is 2.20. The number of nitrogens with zero attached hydrogens (tertiary/aromatic N) is 5. The molecule has 0 saturated heterocycles. The molecule has 0 unspecified atom stereocenters. The number of hydrogen-bond acceptors (Lipinski definition) is 3. The highest BCUT2D eigenvalue weighted by Crippen LogP contribution is 2.40. The molecule has 0 N–H and O–H groups in total. The summed E-state index contributed by atoms with van der Waals surface area (Å²) < 4.78 is 4.57. The minimum Gasteiger partial charge on any atom is -0.309 e. The molecule has 5 nitrogen and oxygen atoms in total. The highest BCUT2D eigenvalue weighted by molar-refractivity contribution is 6.22. The first-order valence-electron chi connectivity index (χ1n) is 18.2. The summed E-state index contributed by atoms with van der Waals surface area (Å²) in [5, 5.41) is 7.17. The van der Waals surface area contributed by atoms with Gasteiger partial charge in [0.2, 0.25) is 5.95 Å². The van der Waals surface area contributed by atoms with Crippen LogP contribution in [-0.4, -0.2) is 24.1 Å². The molecule has 11 aromatic rings. The summed E-state index contributed by atoms with van der Waals surface area (Å²) in [6.07, 6.45) is 0. The van der Waals surface area contributed by atoms with E-state index in [1.165, 1.54) is 43.5 Å². The third kappa shape index (κ3) is 4.76. The van der Waals surface area contributed by atoms with Crippen LogP contribution in [0.1, 0.15) is 0 Å². The molecule has 0 saturated carbocycles. The summed E-state index contributed by atoms with van der Waals surface area (Å²) in [7, 11) is 0. The highest BCUT2D eigenvalue weighted by atomic mass is 15.2. The van der Waals surface area contributed by atoms with Crippen molar-refractivity contribution in [3.05, 3.63) is 188 Å². The quantitative estimate of drug-likeness (QED) is 0.181. The van der Waals surface area contributed by atoms with Gasteiger partial charge in [-0.05, 0) is 70.4 Å². The lowest BCUT2D eigenvalue weighted by Crippen LogP contribution is -2.06. The Morgan fingerprint density at radius 1 is 0.315 bits per heavy atom. The van der Waals surface area contributed by atoms with Crippen molar-refractivity contribution in [1.29, 1.82) is 0 Å². The van der Waals surface area contributed by atoms with Crippen molar-refractivity contribution in [2.75, 3.05) is 0 Å². The van der Waals surface area contributed by atoms with E-state index in [0.29, 0.717) is 17.6 Å². The van der Waals surface area contributed by atoms with Crippen LogP contribution in [0.25, 0.3) is 99.9 Å². The van der Waals surface area contributed by atoms with Crippen molar-refractivity contribution in [3.8, 4) is 45.5 Å². The number of fused-ring (bicyclic) bond motifs is 8. The molecule has 54 heavy (non-hydrogen) atoms. The number of rotatable bonds is 5. The Balaban J connectivity index is 1.17. The minimum atomic E-state index is 0.584. The molecular formula is C49H31N5. The fourth-order valence-corrected chi connectivity index (χ4v) is 8.09. The molecule has 3 heterocycles. The molecule has 0 atom stereocenters. The van der Waals surface area contributed by atoms with Crippen LogP contribution in [0.4, 0.5) is 0 Å². The maximum atomic E-state index is 5.16. The summed E-state index contributed by atoms with van der Waals surface area (Å²) in [6, 6.07) is 66.3. The zero-order valence-corrected chi connectivity index (χ0v) is 29.1. The topological polar surface area (TPSA) is 48.5 Å². The zero-order chi connectivity index (χ0) is 35.6. The number of para-hydroxylation sites is 2. The Hall–Kier alpha value is -7.37. The molecule has 11 rings (SSSR count). The molecule has 0 bridgehead atoms. The van der Waals surface area contributed by atoms with Crippen LogP contribution in [-0.2, 0) is 0 Å². The number of benzene rings is 8. The SMILES string of the molecule is c1ccc(-c2nc(-c3ccccc3)nc(-n3c4ccc(-c5ccc6c(c5)c5ccccc5n6-c5ccccc5)cc4c4c5ccccc5ccc43)n2)cc1. The fourth-order valence-electron chi connectivity index (χ4n) is 8.09. The van der Waals surface area contributed by atoms with E-state index in [9.17, 15) is 0 Å². The standard InChI is InChI=1S/C49H31N5/c1-4-15-33(16-5-1)47-50-48(34-17-6-2-7-18-34)52-49(51-47)54-44-28-26-36(31-41(44)46-38-21-11-10-14-32(38)24-29-45(46)54)35-25-27-43-40(30-35)39-22-12-13-23-42(39)53(43)37-19-8-3-9-20-37/h1-31H. The summed E-state index contributed by atoms with van der Waals surface area (Å²) in [4.78, 5) is 15.3. The van der Waals surface area contributed by atoms with Crippen LogP contribution in [0.3, 0.4) is 0 Å².